The fourth-order valence-corrected chi connectivity index (χ4v) is 5.85. The second kappa shape index (κ2) is 20.4. The van der Waals surface area contributed by atoms with Crippen LogP contribution in [0.25, 0.3) is 11.4 Å². The molecule has 4 aromatic rings. The van der Waals surface area contributed by atoms with Crippen LogP contribution in [0.15, 0.2) is 38.3 Å². The van der Waals surface area contributed by atoms with Crippen LogP contribution >= 0.6 is 53.8 Å². The predicted molar refractivity (Wildman–Crippen MR) is 206 cm³/mol. The molecule has 0 saturated heterocycles. The molecule has 0 aliphatic rings. The van der Waals surface area contributed by atoms with Gasteiger partial charge in [0.15, 0.2) is 13.2 Å². The summed E-state index contributed by atoms with van der Waals surface area (Å²) in [5.74, 6) is -1.44. The SMILES string of the molecule is C#CCOc1cc(-n2nc(C(C)(C)C)oc2=O)c(Cl)cc1Cl.CP(=O)(O)CCC(N)C(=O)O.Cc1nn(-c2cc(CC(Cl)C(=O)O)c(Cl)cc2F)c(=O)n1C(F)F. The minimum atomic E-state index is -3.14. The van der Waals surface area contributed by atoms with E-state index < -0.39 is 65.6 Å². The Morgan fingerprint density at radius 3 is 2.12 bits per heavy atom. The Hall–Kier alpha value is -4.28. The Morgan fingerprint density at radius 1 is 1.04 bits per heavy atom. The highest BCUT2D eigenvalue weighted by atomic mass is 35.5. The van der Waals surface area contributed by atoms with Crippen LogP contribution in [0.3, 0.4) is 0 Å². The Balaban J connectivity index is 0.000000316. The molecule has 2 aromatic heterocycles. The van der Waals surface area contributed by atoms with Crippen molar-refractivity contribution >= 4 is 65.7 Å². The number of ether oxygens (including phenoxy) is 1. The van der Waals surface area contributed by atoms with Gasteiger partial charge in [0.1, 0.15) is 35.3 Å². The van der Waals surface area contributed by atoms with E-state index in [0.29, 0.717) is 22.0 Å². The molecule has 0 bridgehead atoms. The molecule has 0 amide bonds. The van der Waals surface area contributed by atoms with E-state index in [1.165, 1.54) is 18.8 Å². The van der Waals surface area contributed by atoms with E-state index in [-0.39, 0.29) is 56.6 Å². The van der Waals surface area contributed by atoms with Gasteiger partial charge in [-0.2, -0.15) is 18.1 Å². The molecule has 2 aromatic carbocycles. The molecule has 0 aliphatic carbocycles. The van der Waals surface area contributed by atoms with Gasteiger partial charge in [0.25, 0.3) is 0 Å². The second-order valence-corrected chi connectivity index (χ2v) is 17.2. The maximum Gasteiger partial charge on any atom is 0.442 e. The van der Waals surface area contributed by atoms with Gasteiger partial charge in [0.05, 0.1) is 15.7 Å². The fourth-order valence-electron chi connectivity index (χ4n) is 4.18. The third kappa shape index (κ3) is 14.0. The summed E-state index contributed by atoms with van der Waals surface area (Å²) in [6.07, 6.45) is 4.90. The molecular formula is C33H36Cl4F3N6O10P. The molecule has 3 atom stereocenters. The minimum Gasteiger partial charge on any atom is -0.480 e. The number of rotatable bonds is 12. The molecule has 312 valence electrons. The summed E-state index contributed by atoms with van der Waals surface area (Å²) < 4.78 is 62.5. The van der Waals surface area contributed by atoms with Crippen LogP contribution in [0.1, 0.15) is 51.0 Å². The monoisotopic (exact) mass is 904 g/mol. The lowest BCUT2D eigenvalue weighted by Crippen LogP contribution is -2.30. The average Bonchev–Trinajstić information content (AvgIpc) is 3.62. The maximum absolute atomic E-state index is 14.1. The van der Waals surface area contributed by atoms with Crippen LogP contribution in [-0.2, 0) is 26.0 Å². The van der Waals surface area contributed by atoms with E-state index in [9.17, 15) is 36.9 Å². The molecule has 57 heavy (non-hydrogen) atoms. The number of hydrogen-bond donors (Lipinski definition) is 4. The first-order valence-corrected chi connectivity index (χ1v) is 19.8. The number of benzene rings is 2. The lowest BCUT2D eigenvalue weighted by Gasteiger charge is -2.11. The molecule has 3 unspecified atom stereocenters. The molecule has 0 radical (unpaired) electrons. The van der Waals surface area contributed by atoms with Crippen LogP contribution in [0.2, 0.25) is 15.1 Å². The van der Waals surface area contributed by atoms with Crippen molar-refractivity contribution in [2.45, 2.75) is 63.9 Å². The molecule has 0 spiro atoms. The fraction of sp³-hybridized carbons (Fsp3) is 0.394. The maximum atomic E-state index is 14.1. The van der Waals surface area contributed by atoms with Crippen LogP contribution in [0.4, 0.5) is 13.2 Å². The van der Waals surface area contributed by atoms with Crippen molar-refractivity contribution in [3.05, 3.63) is 83.5 Å². The van der Waals surface area contributed by atoms with Crippen molar-refractivity contribution in [1.82, 2.24) is 24.1 Å². The number of nitrogens with two attached hydrogens (primary N) is 1. The number of aryl methyl sites for hydroxylation is 1. The van der Waals surface area contributed by atoms with E-state index in [0.717, 1.165) is 23.7 Å². The van der Waals surface area contributed by atoms with Crippen molar-refractivity contribution in [3.8, 4) is 29.5 Å². The average molecular weight is 906 g/mol. The first-order chi connectivity index (χ1) is 26.2. The number of carboxylic acid groups (broad SMARTS) is 2. The number of carbonyl (C=O) groups is 2. The third-order valence-corrected chi connectivity index (χ3v) is 9.47. The summed E-state index contributed by atoms with van der Waals surface area (Å²) in [7, 11) is -3.10. The van der Waals surface area contributed by atoms with Crippen molar-refractivity contribution in [1.29, 1.82) is 0 Å². The summed E-state index contributed by atoms with van der Waals surface area (Å²) in [4.78, 5) is 53.7. The second-order valence-electron chi connectivity index (χ2n) is 12.9. The number of aliphatic carboxylic acids is 2. The van der Waals surface area contributed by atoms with Gasteiger partial charge in [-0.15, -0.1) is 28.2 Å². The van der Waals surface area contributed by atoms with Crippen LogP contribution in [0, 0.1) is 25.1 Å². The van der Waals surface area contributed by atoms with Gasteiger partial charge in [-0.25, -0.2) is 18.5 Å². The van der Waals surface area contributed by atoms with Gasteiger partial charge in [0.2, 0.25) is 5.89 Å². The molecule has 0 aliphatic heterocycles. The van der Waals surface area contributed by atoms with Crippen LogP contribution < -0.4 is 21.9 Å². The van der Waals surface area contributed by atoms with Gasteiger partial charge in [-0.3, -0.25) is 14.2 Å². The molecule has 24 heteroatoms. The highest BCUT2D eigenvalue weighted by molar-refractivity contribution is 7.57. The summed E-state index contributed by atoms with van der Waals surface area (Å²) in [5, 5.41) is 24.0. The van der Waals surface area contributed by atoms with E-state index in [2.05, 4.69) is 16.1 Å². The number of carboxylic acids is 2. The van der Waals surface area contributed by atoms with Gasteiger partial charge in [-0.1, -0.05) is 61.5 Å². The first-order valence-electron chi connectivity index (χ1n) is 16.0. The molecule has 0 fully saturated rings. The van der Waals surface area contributed by atoms with E-state index in [1.807, 2.05) is 20.8 Å². The number of aromatic nitrogens is 5. The molecular weight excluding hydrogens is 870 g/mol. The molecule has 0 saturated carbocycles. The zero-order valence-electron chi connectivity index (χ0n) is 30.6. The standard InChI is InChI=1S/C15H14Cl2N2O3.C13H10Cl2F3N3O3.C5H12NO4P/c1-5-6-21-12-8-11(9(16)7-10(12)17)19-14(20)22-13(18-19)15(2,3)4;1-5-19-21(13(24)20(5)12(17)18)10-3-6(2-8(15)11(22)23)7(14)4-9(10)16;1-11(9,10)3-2-4(6)5(7)8/h1,7-8H,6H2,2-4H3;3-4,8,12H,2H2,1H3,(H,22,23);4H,2-3,6H2,1H3,(H,7,8)(H,9,10). The Bertz CT molecular complexity index is 2300. The Morgan fingerprint density at radius 2 is 1.65 bits per heavy atom. The molecule has 4 rings (SSSR count). The summed E-state index contributed by atoms with van der Waals surface area (Å²) >= 11 is 23.6. The lowest BCUT2D eigenvalue weighted by molar-refractivity contribution is -0.138. The largest absolute Gasteiger partial charge is 0.480 e. The molecule has 16 nitrogen and oxygen atoms in total. The molecule has 5 N–H and O–H groups in total. The zero-order chi connectivity index (χ0) is 43.7. The smallest absolute Gasteiger partial charge is 0.442 e. The topological polar surface area (TPSA) is 235 Å². The van der Waals surface area contributed by atoms with E-state index in [1.54, 1.807) is 0 Å². The van der Waals surface area contributed by atoms with Crippen molar-refractivity contribution in [3.63, 3.8) is 0 Å². The highest BCUT2D eigenvalue weighted by Gasteiger charge is 2.25. The quantitative estimate of drug-likeness (QED) is 0.0738. The molecule has 2 heterocycles. The minimum absolute atomic E-state index is 0.0412. The van der Waals surface area contributed by atoms with Crippen LogP contribution in [0.5, 0.6) is 5.75 Å². The van der Waals surface area contributed by atoms with Gasteiger partial charge in [0, 0.05) is 35.8 Å². The summed E-state index contributed by atoms with van der Waals surface area (Å²) in [6, 6.07) is 3.82. The van der Waals surface area contributed by atoms with Crippen molar-refractivity contribution in [2.24, 2.45) is 5.73 Å². The number of terminal acetylenes is 1. The Kier molecular flexibility index (Phi) is 17.5. The highest BCUT2D eigenvalue weighted by Crippen LogP contribution is 2.36. The van der Waals surface area contributed by atoms with E-state index in [4.69, 9.17) is 82.8 Å². The van der Waals surface area contributed by atoms with Crippen LogP contribution in [-0.4, -0.2) is 82.0 Å². The first kappa shape index (κ1) is 48.9. The Labute approximate surface area is 342 Å². The van der Waals surface area contributed by atoms with Gasteiger partial charge < -0.3 is 30.0 Å². The van der Waals surface area contributed by atoms with Gasteiger partial charge >= 0.3 is 29.9 Å². The normalized spacial score (nSPS) is 13.3. The number of nitrogens with zero attached hydrogens (tertiary/aromatic N) is 5. The predicted octanol–water partition coefficient (Wildman–Crippen LogP) is 5.89. The summed E-state index contributed by atoms with van der Waals surface area (Å²) in [6.45, 7) is 4.90. The van der Waals surface area contributed by atoms with Gasteiger partial charge in [-0.05, 0) is 37.1 Å². The number of halogens is 7. The zero-order valence-corrected chi connectivity index (χ0v) is 34.5. The summed E-state index contributed by atoms with van der Waals surface area (Å²) in [5.41, 5.74) is 3.45. The van der Waals surface area contributed by atoms with Crippen molar-refractivity contribution < 1.29 is 51.6 Å². The lowest BCUT2D eigenvalue weighted by atomic mass is 9.97. The third-order valence-electron chi connectivity index (χ3n) is 7.09. The number of alkyl halides is 3. The van der Waals surface area contributed by atoms with E-state index >= 15 is 0 Å². The van der Waals surface area contributed by atoms with Crippen molar-refractivity contribution in [2.75, 3.05) is 19.4 Å². The number of hydrogen-bond acceptors (Lipinski definition) is 10.